The molecule has 0 radical (unpaired) electrons. The van der Waals surface area contributed by atoms with Gasteiger partial charge >= 0.3 is 5.97 Å². The van der Waals surface area contributed by atoms with Crippen molar-refractivity contribution < 1.29 is 19.2 Å². The van der Waals surface area contributed by atoms with Gasteiger partial charge in [0, 0.05) is 0 Å². The zero-order valence-corrected chi connectivity index (χ0v) is 19.0. The van der Waals surface area contributed by atoms with Gasteiger partial charge in [0.05, 0.1) is 12.6 Å². The van der Waals surface area contributed by atoms with Gasteiger partial charge in [-0.15, -0.1) is 12.4 Å². The smallest absolute Gasteiger partial charge is 0.360 e. The number of carboxylic acid groups (broad SMARTS) is 1. The summed E-state index contributed by atoms with van der Waals surface area (Å²) in [7, 11) is 0. The topological polar surface area (TPSA) is 78.8 Å². The Morgan fingerprint density at radius 2 is 1.62 bits per heavy atom. The maximum Gasteiger partial charge on any atom is 0.360 e. The lowest BCUT2D eigenvalue weighted by atomic mass is 10.1. The number of quaternary nitrogens is 1. The molecular weight excluding hydrogens is 426 g/mol. The number of carbonyl (C=O) groups is 2. The monoisotopic (exact) mass is 454 g/mol. The van der Waals surface area contributed by atoms with E-state index >= 15 is 0 Å². The van der Waals surface area contributed by atoms with Crippen LogP contribution in [-0.2, 0) is 9.59 Å². The molecule has 1 atom stereocenters. The van der Waals surface area contributed by atoms with Crippen molar-refractivity contribution in [2.75, 3.05) is 13.1 Å². The third-order valence-electron chi connectivity index (χ3n) is 6.01. The number of rotatable bonds is 9. The summed E-state index contributed by atoms with van der Waals surface area (Å²) in [4.78, 5) is 28.9. The summed E-state index contributed by atoms with van der Waals surface area (Å²) in [5, 5.41) is 12.5. The summed E-state index contributed by atoms with van der Waals surface area (Å²) in [5.41, 5.74) is 4.65. The van der Waals surface area contributed by atoms with E-state index in [1.807, 2.05) is 36.4 Å². The Kier molecular flexibility index (Phi) is 7.48. The van der Waals surface area contributed by atoms with Gasteiger partial charge in [0.2, 0.25) is 0 Å². The molecule has 0 saturated carbocycles. The lowest BCUT2D eigenvalue weighted by Gasteiger charge is -2.25. The average Bonchev–Trinajstić information content (AvgIpc) is 3.31. The van der Waals surface area contributed by atoms with Crippen LogP contribution in [0.5, 0.6) is 0 Å². The van der Waals surface area contributed by atoms with Crippen LogP contribution < -0.4 is 5.32 Å². The highest BCUT2D eigenvalue weighted by Gasteiger charge is 2.36. The second-order valence-electron chi connectivity index (χ2n) is 8.28. The van der Waals surface area contributed by atoms with Crippen LogP contribution in [0.3, 0.4) is 0 Å². The van der Waals surface area contributed by atoms with Crippen LogP contribution in [-0.4, -0.2) is 40.9 Å². The summed E-state index contributed by atoms with van der Waals surface area (Å²) in [5.74, 6) is -1.19. The van der Waals surface area contributed by atoms with Gasteiger partial charge in [-0.05, 0) is 35.1 Å². The first kappa shape index (κ1) is 23.7. The van der Waals surface area contributed by atoms with E-state index in [1.165, 1.54) is 0 Å². The maximum atomic E-state index is 13.1. The fourth-order valence-electron chi connectivity index (χ4n) is 4.49. The number of hydrogen-bond donors (Lipinski definition) is 2. The third-order valence-corrected chi connectivity index (χ3v) is 6.01. The summed E-state index contributed by atoms with van der Waals surface area (Å²) in [6.07, 6.45) is 7.45. The lowest BCUT2D eigenvalue weighted by Crippen LogP contribution is -2.45. The number of nitrogens with one attached hydrogen (secondary N) is 1. The molecule has 1 aliphatic heterocycles. The zero-order chi connectivity index (χ0) is 21.8. The van der Waals surface area contributed by atoms with Crippen molar-refractivity contribution >= 4 is 30.6 Å². The molecule has 4 rings (SSSR count). The Morgan fingerprint density at radius 1 is 1.00 bits per heavy atom. The fourth-order valence-corrected chi connectivity index (χ4v) is 4.49. The van der Waals surface area contributed by atoms with Crippen LogP contribution in [0.25, 0.3) is 11.1 Å². The minimum Gasteiger partial charge on any atom is -0.477 e. The molecule has 0 fully saturated rings. The summed E-state index contributed by atoms with van der Waals surface area (Å²) < 4.78 is 0.0830. The Hall–Kier alpha value is -2.96. The highest BCUT2D eigenvalue weighted by Crippen LogP contribution is 2.43. The van der Waals surface area contributed by atoms with E-state index in [2.05, 4.69) is 29.4 Å². The number of carboxylic acids is 1. The second kappa shape index (κ2) is 10.1. The van der Waals surface area contributed by atoms with Crippen molar-refractivity contribution in [2.45, 2.75) is 38.6 Å². The average molecular weight is 455 g/mol. The Bertz CT molecular complexity index is 1020. The predicted octanol–water partition coefficient (Wildman–Crippen LogP) is 4.66. The molecule has 1 aliphatic carbocycles. The van der Waals surface area contributed by atoms with Crippen LogP contribution >= 0.6 is 12.4 Å². The fraction of sp³-hybridized carbons (Fsp3) is 0.320. The van der Waals surface area contributed by atoms with E-state index in [0.29, 0.717) is 6.54 Å². The van der Waals surface area contributed by atoms with Crippen LogP contribution in [0.1, 0.15) is 49.8 Å². The number of fused-ring (bicyclic) bond motifs is 3. The van der Waals surface area contributed by atoms with Crippen molar-refractivity contribution in [3.05, 3.63) is 71.6 Å². The third kappa shape index (κ3) is 4.76. The van der Waals surface area contributed by atoms with E-state index in [9.17, 15) is 14.7 Å². The van der Waals surface area contributed by atoms with Crippen molar-refractivity contribution in [3.63, 3.8) is 0 Å². The quantitative estimate of drug-likeness (QED) is 0.427. The lowest BCUT2D eigenvalue weighted by molar-refractivity contribution is -0.771. The molecule has 6 nitrogen and oxygen atoms in total. The number of nitrogens with zero attached hydrogens (tertiary/aromatic N) is 2. The number of aliphatic imine (C=N–C) groups is 1. The number of hydrogen-bond acceptors (Lipinski definition) is 3. The number of halogens is 1. The van der Waals surface area contributed by atoms with Crippen LogP contribution in [0.2, 0.25) is 0 Å². The first-order valence-corrected chi connectivity index (χ1v) is 10.9. The van der Waals surface area contributed by atoms with Gasteiger partial charge < -0.3 is 10.4 Å². The Morgan fingerprint density at radius 3 is 2.22 bits per heavy atom. The predicted molar refractivity (Wildman–Crippen MR) is 127 cm³/mol. The van der Waals surface area contributed by atoms with E-state index in [1.54, 1.807) is 12.5 Å². The minimum atomic E-state index is -0.904. The van der Waals surface area contributed by atoms with Crippen molar-refractivity contribution in [1.29, 1.82) is 0 Å². The SMILES string of the molecule is CCCCCC[N+]1(CC(=O)O)C=NC(C(=O)NC2c3ccccc3-c3ccccc32)=C1.Cl. The molecular formula is C25H29ClN3O3+. The van der Waals surface area contributed by atoms with Gasteiger partial charge in [-0.1, -0.05) is 68.3 Å². The van der Waals surface area contributed by atoms with E-state index < -0.39 is 5.97 Å². The molecule has 0 saturated heterocycles. The van der Waals surface area contributed by atoms with Gasteiger partial charge in [-0.3, -0.25) is 4.79 Å². The molecule has 2 N–H and O–H groups in total. The van der Waals surface area contributed by atoms with Crippen molar-refractivity contribution in [3.8, 4) is 11.1 Å². The van der Waals surface area contributed by atoms with Gasteiger partial charge in [-0.25, -0.2) is 9.28 Å². The molecule has 7 heteroatoms. The first-order valence-electron chi connectivity index (χ1n) is 10.9. The first-order chi connectivity index (χ1) is 15.0. The van der Waals surface area contributed by atoms with Crippen molar-refractivity contribution in [1.82, 2.24) is 5.32 Å². The molecule has 1 unspecified atom stereocenters. The minimum absolute atomic E-state index is 0. The van der Waals surface area contributed by atoms with Gasteiger partial charge in [0.25, 0.3) is 5.91 Å². The maximum absolute atomic E-state index is 13.1. The van der Waals surface area contributed by atoms with Crippen LogP contribution in [0.4, 0.5) is 0 Å². The molecule has 1 amide bonds. The summed E-state index contributed by atoms with van der Waals surface area (Å²) >= 11 is 0. The van der Waals surface area contributed by atoms with Gasteiger partial charge in [0.1, 0.15) is 6.20 Å². The number of carbonyl (C=O) groups excluding carboxylic acids is 1. The van der Waals surface area contributed by atoms with Gasteiger partial charge in [-0.2, -0.15) is 4.99 Å². The number of benzene rings is 2. The molecule has 168 valence electrons. The Labute approximate surface area is 194 Å². The number of amides is 1. The van der Waals surface area contributed by atoms with E-state index in [0.717, 1.165) is 47.9 Å². The summed E-state index contributed by atoms with van der Waals surface area (Å²) in [6, 6.07) is 15.9. The zero-order valence-electron chi connectivity index (χ0n) is 18.2. The molecule has 32 heavy (non-hydrogen) atoms. The van der Waals surface area contributed by atoms with E-state index in [4.69, 9.17) is 0 Å². The molecule has 2 aromatic carbocycles. The molecule has 0 aromatic heterocycles. The normalized spacial score (nSPS) is 18.5. The number of aliphatic carboxylic acids is 1. The molecule has 0 spiro atoms. The number of unbranched alkanes of at least 4 members (excludes halogenated alkanes) is 3. The van der Waals surface area contributed by atoms with E-state index in [-0.39, 0.29) is 41.1 Å². The second-order valence-corrected chi connectivity index (χ2v) is 8.28. The Balaban J connectivity index is 0.00000289. The van der Waals surface area contributed by atoms with Crippen molar-refractivity contribution in [2.24, 2.45) is 4.99 Å². The molecule has 1 heterocycles. The molecule has 2 aliphatic rings. The van der Waals surface area contributed by atoms with Gasteiger partial charge in [0.15, 0.2) is 18.6 Å². The largest absolute Gasteiger partial charge is 0.477 e. The molecule has 2 aromatic rings. The van der Waals surface area contributed by atoms with Crippen LogP contribution in [0, 0.1) is 0 Å². The standard InChI is InChI=1S/C25H27N3O3.ClH/c1-2-3-4-9-14-28(16-23(29)30)15-22(26-17-28)25(31)27-24-20-12-7-5-10-18(20)19-11-6-8-13-21(19)24;/h5-8,10-13,15,17,24H,2-4,9,14,16H2,1H3,(H-,27,29,30,31);1H/p+1. The highest BCUT2D eigenvalue weighted by molar-refractivity contribution is 5.96. The summed E-state index contributed by atoms with van der Waals surface area (Å²) in [6.45, 7) is 2.66. The molecule has 0 bridgehead atoms. The van der Waals surface area contributed by atoms with Crippen LogP contribution in [0.15, 0.2) is 65.4 Å². The highest BCUT2D eigenvalue weighted by atomic mass is 35.5.